The van der Waals surface area contributed by atoms with Gasteiger partial charge in [-0.05, 0) is 59.3 Å². The summed E-state index contributed by atoms with van der Waals surface area (Å²) in [5.74, 6) is -1.34. The lowest BCUT2D eigenvalue weighted by Crippen LogP contribution is -2.44. The maximum absolute atomic E-state index is 13.5. The van der Waals surface area contributed by atoms with Gasteiger partial charge in [-0.25, -0.2) is 17.7 Å². The van der Waals surface area contributed by atoms with Gasteiger partial charge < -0.3 is 0 Å². The van der Waals surface area contributed by atoms with Gasteiger partial charge in [0.05, 0.1) is 17.0 Å². The molecule has 2 heterocycles. The maximum Gasteiger partial charge on any atom is 0.252 e. The Kier molecular flexibility index (Phi) is 6.47. The van der Waals surface area contributed by atoms with Crippen LogP contribution in [0.1, 0.15) is 36.6 Å². The second-order valence-electron chi connectivity index (χ2n) is 8.12. The highest BCUT2D eigenvalue weighted by atomic mass is 32.2. The number of anilines is 1. The molecule has 6 nitrogen and oxygen atoms in total. The molecule has 0 aliphatic carbocycles. The van der Waals surface area contributed by atoms with Crippen molar-refractivity contribution in [2.24, 2.45) is 0 Å². The SMILES string of the molecule is CC(C)c1ccc(N2C(=O)CC(N(Cc3cccs3)S(=O)(=O)c3ccc(F)cc3)C2=O)cc1. The summed E-state index contributed by atoms with van der Waals surface area (Å²) >= 11 is 1.35. The van der Waals surface area contributed by atoms with Gasteiger partial charge in [-0.15, -0.1) is 11.3 Å². The second kappa shape index (κ2) is 9.17. The van der Waals surface area contributed by atoms with E-state index in [-0.39, 0.29) is 17.9 Å². The van der Waals surface area contributed by atoms with Gasteiger partial charge in [0, 0.05) is 11.4 Å². The molecular weight excluding hydrogens is 463 g/mol. The van der Waals surface area contributed by atoms with Crippen molar-refractivity contribution < 1.29 is 22.4 Å². The fourth-order valence-corrected chi connectivity index (χ4v) is 6.13. The minimum absolute atomic E-state index is 0.0683. The van der Waals surface area contributed by atoms with Gasteiger partial charge in [0.25, 0.3) is 5.91 Å². The number of carbonyl (C=O) groups excluding carboxylic acids is 2. The number of carbonyl (C=O) groups is 2. The van der Waals surface area contributed by atoms with E-state index in [9.17, 15) is 22.4 Å². The highest BCUT2D eigenvalue weighted by Gasteiger charge is 2.47. The van der Waals surface area contributed by atoms with Crippen LogP contribution in [0.25, 0.3) is 0 Å². The molecule has 1 aliphatic rings. The molecule has 3 aromatic rings. The Morgan fingerprint density at radius 2 is 1.73 bits per heavy atom. The number of sulfonamides is 1. The van der Waals surface area contributed by atoms with Gasteiger partial charge in [-0.3, -0.25) is 9.59 Å². The Bertz CT molecular complexity index is 1250. The van der Waals surface area contributed by atoms with Crippen molar-refractivity contribution >= 4 is 38.9 Å². The monoisotopic (exact) mass is 486 g/mol. The molecule has 33 heavy (non-hydrogen) atoms. The third kappa shape index (κ3) is 4.62. The summed E-state index contributed by atoms with van der Waals surface area (Å²) in [4.78, 5) is 27.9. The first-order chi connectivity index (χ1) is 15.7. The van der Waals surface area contributed by atoms with Crippen molar-refractivity contribution in [2.45, 2.75) is 43.7 Å². The number of nitrogens with zero attached hydrogens (tertiary/aromatic N) is 2. The molecule has 2 aromatic carbocycles. The molecule has 1 atom stereocenters. The number of rotatable bonds is 7. The lowest BCUT2D eigenvalue weighted by Gasteiger charge is -2.26. The van der Waals surface area contributed by atoms with Gasteiger partial charge in [0.1, 0.15) is 11.9 Å². The van der Waals surface area contributed by atoms with E-state index in [1.165, 1.54) is 11.3 Å². The molecule has 1 aromatic heterocycles. The fraction of sp³-hybridized carbons (Fsp3) is 0.250. The molecular formula is C24H23FN2O4S2. The van der Waals surface area contributed by atoms with E-state index < -0.39 is 33.7 Å². The van der Waals surface area contributed by atoms with Gasteiger partial charge in [-0.2, -0.15) is 4.31 Å². The number of benzene rings is 2. The predicted octanol–water partition coefficient (Wildman–Crippen LogP) is 4.53. The van der Waals surface area contributed by atoms with Crippen LogP contribution in [0.2, 0.25) is 0 Å². The molecule has 0 spiro atoms. The van der Waals surface area contributed by atoms with Crippen molar-refractivity contribution in [3.63, 3.8) is 0 Å². The van der Waals surface area contributed by atoms with E-state index in [1.807, 2.05) is 31.4 Å². The summed E-state index contributed by atoms with van der Waals surface area (Å²) < 4.78 is 41.4. The molecule has 4 rings (SSSR count). The largest absolute Gasteiger partial charge is 0.274 e. The van der Waals surface area contributed by atoms with Crippen LogP contribution in [0, 0.1) is 5.82 Å². The Morgan fingerprint density at radius 1 is 1.06 bits per heavy atom. The van der Waals surface area contributed by atoms with Crippen LogP contribution in [0.15, 0.2) is 70.9 Å². The number of thiophene rings is 1. The third-order valence-electron chi connectivity index (χ3n) is 5.60. The van der Waals surface area contributed by atoms with E-state index in [1.54, 1.807) is 24.3 Å². The molecule has 2 amide bonds. The van der Waals surface area contributed by atoms with Crippen molar-refractivity contribution in [2.75, 3.05) is 4.90 Å². The van der Waals surface area contributed by atoms with E-state index in [0.717, 1.165) is 43.9 Å². The predicted molar refractivity (Wildman–Crippen MR) is 125 cm³/mol. The smallest absolute Gasteiger partial charge is 0.252 e. The van der Waals surface area contributed by atoms with Crippen molar-refractivity contribution in [3.8, 4) is 0 Å². The molecule has 0 bridgehead atoms. The van der Waals surface area contributed by atoms with Gasteiger partial charge in [-0.1, -0.05) is 32.0 Å². The van der Waals surface area contributed by atoms with Crippen molar-refractivity contribution in [1.29, 1.82) is 0 Å². The number of hydrogen-bond acceptors (Lipinski definition) is 5. The molecule has 0 radical (unpaired) electrons. The number of hydrogen-bond donors (Lipinski definition) is 0. The molecule has 9 heteroatoms. The summed E-state index contributed by atoms with van der Waals surface area (Å²) in [6.45, 7) is 4.01. The second-order valence-corrected chi connectivity index (χ2v) is 11.0. The fourth-order valence-electron chi connectivity index (χ4n) is 3.78. The zero-order valence-corrected chi connectivity index (χ0v) is 19.8. The zero-order valence-electron chi connectivity index (χ0n) is 18.1. The van der Waals surface area contributed by atoms with Crippen LogP contribution in [-0.4, -0.2) is 30.6 Å². The average molecular weight is 487 g/mol. The first-order valence-electron chi connectivity index (χ1n) is 10.4. The van der Waals surface area contributed by atoms with Crippen molar-refractivity contribution in [1.82, 2.24) is 4.31 Å². The molecule has 0 saturated carbocycles. The maximum atomic E-state index is 13.5. The minimum atomic E-state index is -4.18. The summed E-state index contributed by atoms with van der Waals surface area (Å²) in [7, 11) is -4.18. The Hall–Kier alpha value is -2.88. The molecule has 1 saturated heterocycles. The third-order valence-corrected chi connectivity index (χ3v) is 8.33. The quantitative estimate of drug-likeness (QED) is 0.460. The van der Waals surface area contributed by atoms with Gasteiger partial charge in [0.2, 0.25) is 15.9 Å². The average Bonchev–Trinajstić information content (AvgIpc) is 3.39. The Morgan fingerprint density at radius 3 is 2.30 bits per heavy atom. The lowest BCUT2D eigenvalue weighted by molar-refractivity contribution is -0.122. The summed E-state index contributed by atoms with van der Waals surface area (Å²) in [5, 5.41) is 1.81. The van der Waals surface area contributed by atoms with Crippen LogP contribution in [0.5, 0.6) is 0 Å². The highest BCUT2D eigenvalue weighted by Crippen LogP contribution is 2.32. The highest BCUT2D eigenvalue weighted by molar-refractivity contribution is 7.89. The van der Waals surface area contributed by atoms with Crippen LogP contribution >= 0.6 is 11.3 Å². The summed E-state index contributed by atoms with van der Waals surface area (Å²) in [6, 6.07) is 13.9. The molecule has 1 unspecified atom stereocenters. The van der Waals surface area contributed by atoms with Crippen LogP contribution in [-0.2, 0) is 26.2 Å². The van der Waals surface area contributed by atoms with E-state index >= 15 is 0 Å². The number of halogens is 1. The number of amides is 2. The first kappa shape index (κ1) is 23.3. The minimum Gasteiger partial charge on any atom is -0.274 e. The summed E-state index contributed by atoms with van der Waals surface area (Å²) in [5.41, 5.74) is 1.47. The van der Waals surface area contributed by atoms with E-state index in [2.05, 4.69) is 0 Å². The Labute approximate surface area is 196 Å². The lowest BCUT2D eigenvalue weighted by atomic mass is 10.0. The topological polar surface area (TPSA) is 74.8 Å². The van der Waals surface area contributed by atoms with Crippen LogP contribution in [0.4, 0.5) is 10.1 Å². The normalized spacial score (nSPS) is 16.9. The molecule has 0 N–H and O–H groups in total. The van der Waals surface area contributed by atoms with E-state index in [0.29, 0.717) is 11.6 Å². The molecule has 172 valence electrons. The summed E-state index contributed by atoms with van der Waals surface area (Å²) in [6.07, 6.45) is -0.267. The van der Waals surface area contributed by atoms with Gasteiger partial charge in [0.15, 0.2) is 0 Å². The van der Waals surface area contributed by atoms with Crippen LogP contribution < -0.4 is 4.90 Å². The van der Waals surface area contributed by atoms with Gasteiger partial charge >= 0.3 is 0 Å². The molecule has 1 fully saturated rings. The van der Waals surface area contributed by atoms with Crippen molar-refractivity contribution in [3.05, 3.63) is 82.3 Å². The van der Waals surface area contributed by atoms with Crippen LogP contribution in [0.3, 0.4) is 0 Å². The van der Waals surface area contributed by atoms with E-state index in [4.69, 9.17) is 0 Å². The standard InChI is InChI=1S/C24H23FN2O4S2/c1-16(2)17-5-9-19(10-6-17)27-23(28)14-22(24(27)29)26(15-20-4-3-13-32-20)33(30,31)21-11-7-18(25)8-12-21/h3-13,16,22H,14-15H2,1-2H3. The molecule has 1 aliphatic heterocycles. The first-order valence-corrected chi connectivity index (χ1v) is 12.8. The Balaban J connectivity index is 1.70. The zero-order chi connectivity index (χ0) is 23.8. The number of imide groups is 1.